The molecule has 1 rings (SSSR count). The molecule has 0 atom stereocenters. The van der Waals surface area contributed by atoms with E-state index in [1.54, 1.807) is 6.07 Å². The molecule has 0 radical (unpaired) electrons. The Kier molecular flexibility index (Phi) is 4.46. The van der Waals surface area contributed by atoms with E-state index >= 15 is 0 Å². The van der Waals surface area contributed by atoms with Crippen LogP contribution in [0.1, 0.15) is 25.3 Å². The smallest absolute Gasteiger partial charge is 0.328 e. The lowest BCUT2D eigenvalue weighted by molar-refractivity contribution is -0.131. The number of rotatable bonds is 4. The molecule has 90 valence electrons. The van der Waals surface area contributed by atoms with Crippen LogP contribution in [-0.2, 0) is 9.59 Å². The highest BCUT2D eigenvalue weighted by Gasteiger charge is 2.07. The van der Waals surface area contributed by atoms with E-state index in [1.165, 1.54) is 0 Å². The van der Waals surface area contributed by atoms with Crippen molar-refractivity contribution in [2.75, 3.05) is 5.32 Å². The van der Waals surface area contributed by atoms with Gasteiger partial charge in [-0.15, -0.1) is 0 Å². The summed E-state index contributed by atoms with van der Waals surface area (Å²) in [5, 5.41) is 11.1. The van der Waals surface area contributed by atoms with Gasteiger partial charge in [-0.05, 0) is 17.5 Å². The van der Waals surface area contributed by atoms with Crippen LogP contribution in [0, 0.1) is 0 Å². The second-order valence-electron chi connectivity index (χ2n) is 3.90. The molecule has 0 fully saturated rings. The summed E-state index contributed by atoms with van der Waals surface area (Å²) in [7, 11) is 0. The van der Waals surface area contributed by atoms with E-state index in [0.717, 1.165) is 17.7 Å². The Hall–Kier alpha value is -2.10. The van der Waals surface area contributed by atoms with Crippen molar-refractivity contribution in [1.82, 2.24) is 0 Å². The van der Waals surface area contributed by atoms with Crippen molar-refractivity contribution in [3.8, 4) is 0 Å². The number of hydrogen-bond donors (Lipinski definition) is 2. The number of carbonyl (C=O) groups excluding carboxylic acids is 1. The molecule has 0 aliphatic carbocycles. The van der Waals surface area contributed by atoms with Gasteiger partial charge in [0, 0.05) is 17.8 Å². The molecule has 1 amide bonds. The predicted octanol–water partition coefficient (Wildman–Crippen LogP) is 2.39. The predicted molar refractivity (Wildman–Crippen MR) is 65.9 cm³/mol. The number of hydrogen-bond acceptors (Lipinski definition) is 2. The highest BCUT2D eigenvalue weighted by molar-refractivity contribution is 6.02. The number of amides is 1. The second kappa shape index (κ2) is 5.84. The van der Waals surface area contributed by atoms with Gasteiger partial charge >= 0.3 is 5.97 Å². The molecule has 0 aromatic heterocycles. The first-order chi connectivity index (χ1) is 8.00. The molecule has 0 unspecified atom stereocenters. The van der Waals surface area contributed by atoms with Crippen LogP contribution in [0.15, 0.2) is 36.4 Å². The molecular formula is C13H15NO3. The number of carboxylic acid groups (broad SMARTS) is 1. The quantitative estimate of drug-likeness (QED) is 0.785. The Labute approximate surface area is 100.0 Å². The van der Waals surface area contributed by atoms with Crippen LogP contribution in [0.3, 0.4) is 0 Å². The van der Waals surface area contributed by atoms with Gasteiger partial charge in [-0.2, -0.15) is 0 Å². The Morgan fingerprint density at radius 2 is 1.88 bits per heavy atom. The SMILES string of the molecule is CC(C)c1ccccc1NC(=O)/C=C\C(=O)O. The van der Waals surface area contributed by atoms with Crippen molar-refractivity contribution < 1.29 is 14.7 Å². The van der Waals surface area contributed by atoms with Gasteiger partial charge in [-0.3, -0.25) is 4.79 Å². The molecule has 0 spiro atoms. The van der Waals surface area contributed by atoms with Crippen molar-refractivity contribution >= 4 is 17.6 Å². The highest BCUT2D eigenvalue weighted by Crippen LogP contribution is 2.23. The summed E-state index contributed by atoms with van der Waals surface area (Å²) in [6, 6.07) is 7.45. The summed E-state index contributed by atoms with van der Waals surface area (Å²) in [6.45, 7) is 4.05. The van der Waals surface area contributed by atoms with Gasteiger partial charge in [0.05, 0.1) is 0 Å². The lowest BCUT2D eigenvalue weighted by Gasteiger charge is -2.12. The van der Waals surface area contributed by atoms with E-state index in [1.807, 2.05) is 32.0 Å². The first-order valence-corrected chi connectivity index (χ1v) is 5.31. The normalized spacial score (nSPS) is 10.8. The molecule has 2 N–H and O–H groups in total. The topological polar surface area (TPSA) is 66.4 Å². The van der Waals surface area contributed by atoms with E-state index < -0.39 is 11.9 Å². The van der Waals surface area contributed by atoms with Crippen LogP contribution in [-0.4, -0.2) is 17.0 Å². The molecule has 1 aromatic rings. The minimum absolute atomic E-state index is 0.287. The number of benzene rings is 1. The Morgan fingerprint density at radius 3 is 2.47 bits per heavy atom. The van der Waals surface area contributed by atoms with E-state index in [4.69, 9.17) is 5.11 Å². The standard InChI is InChI=1S/C13H15NO3/c1-9(2)10-5-3-4-6-11(10)14-12(15)7-8-13(16)17/h3-9H,1-2H3,(H,14,15)(H,16,17)/b8-7-. The Bertz CT molecular complexity index is 450. The largest absolute Gasteiger partial charge is 0.478 e. The second-order valence-corrected chi connectivity index (χ2v) is 3.90. The molecule has 4 nitrogen and oxygen atoms in total. The molecular weight excluding hydrogens is 218 g/mol. The van der Waals surface area contributed by atoms with Crippen LogP contribution >= 0.6 is 0 Å². The van der Waals surface area contributed by atoms with E-state index in [0.29, 0.717) is 5.69 Å². The van der Waals surface area contributed by atoms with Crippen LogP contribution in [0.25, 0.3) is 0 Å². The Balaban J connectivity index is 2.81. The zero-order chi connectivity index (χ0) is 12.8. The van der Waals surface area contributed by atoms with Crippen molar-refractivity contribution in [1.29, 1.82) is 0 Å². The van der Waals surface area contributed by atoms with Crippen molar-refractivity contribution in [2.45, 2.75) is 19.8 Å². The van der Waals surface area contributed by atoms with E-state index in [2.05, 4.69) is 5.32 Å². The molecule has 0 heterocycles. The molecule has 0 aliphatic rings. The van der Waals surface area contributed by atoms with E-state index in [-0.39, 0.29) is 5.92 Å². The summed E-state index contributed by atoms with van der Waals surface area (Å²) >= 11 is 0. The first kappa shape index (κ1) is 13.0. The lowest BCUT2D eigenvalue weighted by atomic mass is 10.0. The summed E-state index contributed by atoms with van der Waals surface area (Å²) in [6.07, 6.45) is 1.81. The average Bonchev–Trinajstić information content (AvgIpc) is 2.27. The molecule has 0 saturated heterocycles. The summed E-state index contributed by atoms with van der Waals surface area (Å²) in [5.41, 5.74) is 1.73. The fourth-order valence-corrected chi connectivity index (χ4v) is 1.44. The number of anilines is 1. The first-order valence-electron chi connectivity index (χ1n) is 5.31. The molecule has 1 aromatic carbocycles. The zero-order valence-corrected chi connectivity index (χ0v) is 9.81. The van der Waals surface area contributed by atoms with Crippen molar-refractivity contribution in [3.05, 3.63) is 42.0 Å². The van der Waals surface area contributed by atoms with Gasteiger partial charge in [0.2, 0.25) is 5.91 Å². The minimum atomic E-state index is -1.14. The number of nitrogens with one attached hydrogen (secondary N) is 1. The van der Waals surface area contributed by atoms with Crippen LogP contribution in [0.5, 0.6) is 0 Å². The molecule has 0 aliphatic heterocycles. The fourth-order valence-electron chi connectivity index (χ4n) is 1.44. The average molecular weight is 233 g/mol. The number of para-hydroxylation sites is 1. The monoisotopic (exact) mass is 233 g/mol. The van der Waals surface area contributed by atoms with Gasteiger partial charge < -0.3 is 10.4 Å². The summed E-state index contributed by atoms with van der Waals surface area (Å²) in [5.74, 6) is -1.30. The third kappa shape index (κ3) is 4.10. The number of carbonyl (C=O) groups is 2. The maximum atomic E-state index is 11.4. The van der Waals surface area contributed by atoms with Gasteiger partial charge in [0.15, 0.2) is 0 Å². The fraction of sp³-hybridized carbons (Fsp3) is 0.231. The third-order valence-corrected chi connectivity index (χ3v) is 2.22. The van der Waals surface area contributed by atoms with Gasteiger partial charge in [-0.25, -0.2) is 4.79 Å². The molecule has 17 heavy (non-hydrogen) atoms. The number of aliphatic carboxylic acids is 1. The molecule has 0 bridgehead atoms. The van der Waals surface area contributed by atoms with E-state index in [9.17, 15) is 9.59 Å². The Morgan fingerprint density at radius 1 is 1.24 bits per heavy atom. The summed E-state index contributed by atoms with van der Waals surface area (Å²) in [4.78, 5) is 21.7. The maximum absolute atomic E-state index is 11.4. The highest BCUT2D eigenvalue weighted by atomic mass is 16.4. The number of carboxylic acids is 1. The minimum Gasteiger partial charge on any atom is -0.478 e. The van der Waals surface area contributed by atoms with Crippen molar-refractivity contribution in [3.63, 3.8) is 0 Å². The third-order valence-electron chi connectivity index (χ3n) is 2.22. The maximum Gasteiger partial charge on any atom is 0.328 e. The summed E-state index contributed by atoms with van der Waals surface area (Å²) < 4.78 is 0. The van der Waals surface area contributed by atoms with Crippen LogP contribution in [0.4, 0.5) is 5.69 Å². The molecule has 4 heteroatoms. The van der Waals surface area contributed by atoms with Crippen LogP contribution < -0.4 is 5.32 Å². The lowest BCUT2D eigenvalue weighted by Crippen LogP contribution is -2.10. The van der Waals surface area contributed by atoms with Gasteiger partial charge in [0.25, 0.3) is 0 Å². The molecule has 0 saturated carbocycles. The zero-order valence-electron chi connectivity index (χ0n) is 9.81. The van der Waals surface area contributed by atoms with Crippen molar-refractivity contribution in [2.24, 2.45) is 0 Å². The van der Waals surface area contributed by atoms with Gasteiger partial charge in [0.1, 0.15) is 0 Å². The van der Waals surface area contributed by atoms with Gasteiger partial charge in [-0.1, -0.05) is 32.0 Å². The van der Waals surface area contributed by atoms with Crippen LogP contribution in [0.2, 0.25) is 0 Å².